The van der Waals surface area contributed by atoms with Crippen LogP contribution in [0.5, 0.6) is 0 Å². The van der Waals surface area contributed by atoms with E-state index in [1.54, 1.807) is 10.9 Å². The van der Waals surface area contributed by atoms with Crippen molar-refractivity contribution < 1.29 is 4.79 Å². The van der Waals surface area contributed by atoms with Gasteiger partial charge in [0, 0.05) is 23.5 Å². The molecule has 0 saturated heterocycles. The van der Waals surface area contributed by atoms with Crippen LogP contribution in [0, 0.1) is 0 Å². The molecule has 0 unspecified atom stereocenters. The third kappa shape index (κ3) is 2.87. The van der Waals surface area contributed by atoms with Gasteiger partial charge in [-0.05, 0) is 26.4 Å². The molecule has 23 heavy (non-hydrogen) atoms. The van der Waals surface area contributed by atoms with Gasteiger partial charge in [0.05, 0.1) is 6.54 Å². The number of nitrogens with two attached hydrogens (primary N) is 1. The number of carbonyl (C=O) groups excluding carboxylic acids is 1. The first-order chi connectivity index (χ1) is 11.0. The van der Waals surface area contributed by atoms with Gasteiger partial charge in [-0.25, -0.2) is 9.97 Å². The van der Waals surface area contributed by atoms with Crippen LogP contribution < -0.4 is 5.73 Å². The minimum Gasteiger partial charge on any atom is -0.364 e. The average Bonchev–Trinajstić information content (AvgIpc) is 2.91. The Hall–Kier alpha value is -2.19. The number of fused-ring (bicyclic) bond motifs is 3. The van der Waals surface area contributed by atoms with Crippen molar-refractivity contribution in [3.63, 3.8) is 0 Å². The van der Waals surface area contributed by atoms with E-state index in [9.17, 15) is 4.79 Å². The Kier molecular flexibility index (Phi) is 4.18. The van der Waals surface area contributed by atoms with E-state index in [0.29, 0.717) is 22.9 Å². The van der Waals surface area contributed by atoms with Gasteiger partial charge in [0.1, 0.15) is 16.7 Å². The predicted molar refractivity (Wildman–Crippen MR) is 91.7 cm³/mol. The van der Waals surface area contributed by atoms with E-state index in [4.69, 9.17) is 5.73 Å². The summed E-state index contributed by atoms with van der Waals surface area (Å²) in [6.45, 7) is 1.35. The Morgan fingerprint density at radius 1 is 1.35 bits per heavy atom. The van der Waals surface area contributed by atoms with Gasteiger partial charge < -0.3 is 10.6 Å². The van der Waals surface area contributed by atoms with Gasteiger partial charge in [-0.3, -0.25) is 9.48 Å². The molecule has 2 aromatic heterocycles. The van der Waals surface area contributed by atoms with Crippen molar-refractivity contribution in [1.29, 1.82) is 0 Å². The summed E-state index contributed by atoms with van der Waals surface area (Å²) in [5.41, 5.74) is 7.44. The third-order valence-corrected chi connectivity index (χ3v) is 4.17. The zero-order chi connectivity index (χ0) is 16.6. The highest BCUT2D eigenvalue weighted by atomic mass is 32.2. The summed E-state index contributed by atoms with van der Waals surface area (Å²) in [6.07, 6.45) is 3.70. The summed E-state index contributed by atoms with van der Waals surface area (Å²) >= 11 is 1.47. The lowest BCUT2D eigenvalue weighted by molar-refractivity contribution is 0.0991. The lowest BCUT2D eigenvalue weighted by atomic mass is 10.1. The van der Waals surface area contributed by atoms with E-state index >= 15 is 0 Å². The topological polar surface area (TPSA) is 89.9 Å². The molecule has 2 heterocycles. The number of likely N-dealkylation sites (N-methyl/N-ethyl adjacent to an activating group) is 1. The van der Waals surface area contributed by atoms with Crippen molar-refractivity contribution in [3.05, 3.63) is 24.0 Å². The van der Waals surface area contributed by atoms with Gasteiger partial charge in [0.15, 0.2) is 5.16 Å². The minimum atomic E-state index is -0.482. The second kappa shape index (κ2) is 6.13. The maximum Gasteiger partial charge on any atom is 0.267 e. The van der Waals surface area contributed by atoms with Gasteiger partial charge >= 0.3 is 0 Å². The highest BCUT2D eigenvalue weighted by Gasteiger charge is 2.18. The zero-order valence-electron chi connectivity index (χ0n) is 13.3. The summed E-state index contributed by atoms with van der Waals surface area (Å²) < 4.78 is 1.67. The summed E-state index contributed by atoms with van der Waals surface area (Å²) in [7, 11) is 3.95. The standard InChI is InChI=1S/C15H18N6OS/c1-20(2)6-7-21-13(14(16)22)10-5-4-9-8-17-15(23-3)18-11(9)12(10)19-21/h4-5,8H,6-7H2,1-3H3,(H2,16,22). The number of carbonyl (C=O) groups is 1. The first-order valence-corrected chi connectivity index (χ1v) is 8.38. The normalized spacial score (nSPS) is 11.7. The van der Waals surface area contributed by atoms with E-state index in [2.05, 4.69) is 15.1 Å². The maximum absolute atomic E-state index is 11.9. The molecule has 3 rings (SSSR count). The van der Waals surface area contributed by atoms with Crippen LogP contribution in [0.3, 0.4) is 0 Å². The number of thioether (sulfide) groups is 1. The molecule has 0 aliphatic heterocycles. The number of hydrogen-bond acceptors (Lipinski definition) is 6. The fraction of sp³-hybridized carbons (Fsp3) is 0.333. The van der Waals surface area contributed by atoms with Crippen LogP contribution in [0.25, 0.3) is 21.8 Å². The molecule has 3 aromatic rings. The van der Waals surface area contributed by atoms with Crippen molar-refractivity contribution in [1.82, 2.24) is 24.6 Å². The second-order valence-corrected chi connectivity index (χ2v) is 6.27. The number of nitrogens with zero attached hydrogens (tertiary/aromatic N) is 5. The lowest BCUT2D eigenvalue weighted by Gasteiger charge is -2.10. The molecule has 7 nitrogen and oxygen atoms in total. The molecule has 0 radical (unpaired) electrons. The van der Waals surface area contributed by atoms with Crippen LogP contribution in [0.4, 0.5) is 0 Å². The molecule has 0 aliphatic rings. The quantitative estimate of drug-likeness (QED) is 0.561. The molecular formula is C15H18N6OS. The van der Waals surface area contributed by atoms with Crippen LogP contribution >= 0.6 is 11.8 Å². The Morgan fingerprint density at radius 2 is 2.13 bits per heavy atom. The summed E-state index contributed by atoms with van der Waals surface area (Å²) in [6, 6.07) is 3.76. The average molecular weight is 330 g/mol. The van der Waals surface area contributed by atoms with Crippen LogP contribution in [-0.4, -0.2) is 57.5 Å². The van der Waals surface area contributed by atoms with Gasteiger partial charge in [-0.15, -0.1) is 0 Å². The smallest absolute Gasteiger partial charge is 0.267 e. The van der Waals surface area contributed by atoms with Crippen LogP contribution in [0.15, 0.2) is 23.5 Å². The first kappa shape index (κ1) is 15.7. The molecular weight excluding hydrogens is 312 g/mol. The van der Waals surface area contributed by atoms with Gasteiger partial charge in [0.25, 0.3) is 5.91 Å². The Bertz CT molecular complexity index is 888. The molecule has 1 aromatic carbocycles. The molecule has 1 amide bonds. The molecule has 8 heteroatoms. The molecule has 0 bridgehead atoms. The zero-order valence-corrected chi connectivity index (χ0v) is 14.1. The number of primary amides is 1. The van der Waals surface area contributed by atoms with Crippen LogP contribution in [0.1, 0.15) is 10.5 Å². The fourth-order valence-electron chi connectivity index (χ4n) is 2.48. The molecule has 0 spiro atoms. The Balaban J connectivity index is 2.26. The SMILES string of the molecule is CSc1ncc2ccc3c(C(N)=O)n(CCN(C)C)nc3c2n1. The summed E-state index contributed by atoms with van der Waals surface area (Å²) in [4.78, 5) is 22.8. The minimum absolute atomic E-state index is 0.424. The number of aromatic nitrogens is 4. The molecule has 0 aliphatic carbocycles. The van der Waals surface area contributed by atoms with Crippen molar-refractivity contribution in [2.45, 2.75) is 11.7 Å². The monoisotopic (exact) mass is 330 g/mol. The Labute approximate surface area is 137 Å². The number of hydrogen-bond donors (Lipinski definition) is 1. The van der Waals surface area contributed by atoms with Crippen molar-refractivity contribution in [3.8, 4) is 0 Å². The number of amides is 1. The lowest BCUT2D eigenvalue weighted by Crippen LogP contribution is -2.23. The third-order valence-electron chi connectivity index (χ3n) is 3.61. The first-order valence-electron chi connectivity index (χ1n) is 7.16. The van der Waals surface area contributed by atoms with E-state index in [1.165, 1.54) is 11.8 Å². The summed E-state index contributed by atoms with van der Waals surface area (Å²) in [5, 5.41) is 6.90. The van der Waals surface area contributed by atoms with E-state index in [-0.39, 0.29) is 0 Å². The van der Waals surface area contributed by atoms with Crippen molar-refractivity contribution in [2.24, 2.45) is 5.73 Å². The second-order valence-electron chi connectivity index (χ2n) is 5.50. The van der Waals surface area contributed by atoms with E-state index in [0.717, 1.165) is 22.8 Å². The number of benzene rings is 1. The van der Waals surface area contributed by atoms with E-state index < -0.39 is 5.91 Å². The van der Waals surface area contributed by atoms with Gasteiger partial charge in [-0.1, -0.05) is 17.8 Å². The van der Waals surface area contributed by atoms with Crippen molar-refractivity contribution in [2.75, 3.05) is 26.9 Å². The molecule has 0 fully saturated rings. The van der Waals surface area contributed by atoms with Crippen molar-refractivity contribution >= 4 is 39.5 Å². The highest BCUT2D eigenvalue weighted by molar-refractivity contribution is 7.98. The van der Waals surface area contributed by atoms with Gasteiger partial charge in [0.2, 0.25) is 0 Å². The highest BCUT2D eigenvalue weighted by Crippen LogP contribution is 2.26. The van der Waals surface area contributed by atoms with Gasteiger partial charge in [-0.2, -0.15) is 5.10 Å². The summed E-state index contributed by atoms with van der Waals surface area (Å²) in [5.74, 6) is -0.482. The fourth-order valence-corrected chi connectivity index (χ4v) is 2.82. The number of rotatable bonds is 5. The predicted octanol–water partition coefficient (Wildman–Crippen LogP) is 1.36. The molecule has 2 N–H and O–H groups in total. The Morgan fingerprint density at radius 3 is 2.78 bits per heavy atom. The largest absolute Gasteiger partial charge is 0.364 e. The van der Waals surface area contributed by atoms with Crippen LogP contribution in [-0.2, 0) is 6.54 Å². The molecule has 120 valence electrons. The maximum atomic E-state index is 11.9. The van der Waals surface area contributed by atoms with Crippen LogP contribution in [0.2, 0.25) is 0 Å². The molecule has 0 saturated carbocycles. The molecule has 0 atom stereocenters. The van der Waals surface area contributed by atoms with E-state index in [1.807, 2.05) is 37.4 Å².